The Bertz CT molecular complexity index is 783. The number of piperidine rings is 1. The molecule has 0 radical (unpaired) electrons. The fraction of sp³-hybridized carbons (Fsp3) is 0.619. The highest BCUT2D eigenvalue weighted by Gasteiger charge is 2.43. The quantitative estimate of drug-likeness (QED) is 0.696. The van der Waals surface area contributed by atoms with E-state index in [-0.39, 0.29) is 29.7 Å². The van der Waals surface area contributed by atoms with Crippen LogP contribution in [0.25, 0.3) is 0 Å². The Kier molecular flexibility index (Phi) is 8.07. The number of hydrogen-bond acceptors (Lipinski definition) is 5. The first-order chi connectivity index (χ1) is 15.1. The average molecular weight is 462 g/mol. The number of aliphatic carboxylic acids is 1. The molecule has 0 spiro atoms. The molecule has 178 valence electrons. The number of ether oxygens (including phenoxy) is 1. The highest BCUT2D eigenvalue weighted by molar-refractivity contribution is 5.78. The minimum Gasteiger partial charge on any atom is -0.475 e. The maximum atomic E-state index is 13.1. The van der Waals surface area contributed by atoms with Gasteiger partial charge in [-0.3, -0.25) is 14.5 Å². The molecule has 0 aliphatic carbocycles. The first-order valence-corrected chi connectivity index (χ1v) is 10.5. The summed E-state index contributed by atoms with van der Waals surface area (Å²) in [6, 6.07) is 6.67. The predicted molar refractivity (Wildman–Crippen MR) is 104 cm³/mol. The fourth-order valence-electron chi connectivity index (χ4n) is 4.29. The first kappa shape index (κ1) is 24.4. The Morgan fingerprint density at radius 2 is 1.78 bits per heavy atom. The van der Waals surface area contributed by atoms with Gasteiger partial charge in [-0.15, -0.1) is 0 Å². The van der Waals surface area contributed by atoms with Crippen LogP contribution in [0.5, 0.6) is 0 Å². The Labute approximate surface area is 182 Å². The van der Waals surface area contributed by atoms with Crippen LogP contribution in [0.2, 0.25) is 0 Å². The van der Waals surface area contributed by atoms with Gasteiger partial charge >= 0.3 is 12.1 Å². The van der Waals surface area contributed by atoms with Crippen LogP contribution in [0.4, 0.5) is 17.6 Å². The van der Waals surface area contributed by atoms with E-state index in [0.29, 0.717) is 19.8 Å². The number of carbonyl (C=O) groups excluding carboxylic acids is 1. The Morgan fingerprint density at radius 1 is 1.09 bits per heavy atom. The number of nitrogens with zero attached hydrogens (tertiary/aromatic N) is 2. The number of benzene rings is 1. The molecule has 0 aromatic heterocycles. The summed E-state index contributed by atoms with van der Waals surface area (Å²) in [6.07, 6.45) is -2.30. The number of fused-ring (bicyclic) bond motifs is 1. The van der Waals surface area contributed by atoms with Crippen molar-refractivity contribution >= 4 is 11.9 Å². The smallest absolute Gasteiger partial charge is 0.475 e. The zero-order valence-corrected chi connectivity index (χ0v) is 17.4. The van der Waals surface area contributed by atoms with Gasteiger partial charge in [-0.2, -0.15) is 13.2 Å². The van der Waals surface area contributed by atoms with Crippen LogP contribution in [-0.4, -0.2) is 72.1 Å². The van der Waals surface area contributed by atoms with Gasteiger partial charge in [0, 0.05) is 38.1 Å². The van der Waals surface area contributed by atoms with Gasteiger partial charge < -0.3 is 9.84 Å². The van der Waals surface area contributed by atoms with Crippen LogP contribution >= 0.6 is 0 Å². The van der Waals surface area contributed by atoms with E-state index in [4.69, 9.17) is 19.5 Å². The third kappa shape index (κ3) is 6.39. The topological polar surface area (TPSA) is 79.3 Å². The van der Waals surface area contributed by atoms with Crippen LogP contribution in [0.1, 0.15) is 24.8 Å². The number of amides is 1. The number of hydrogen-bond donors (Lipinski definition) is 1. The van der Waals surface area contributed by atoms with E-state index in [2.05, 4.69) is 4.90 Å². The molecule has 0 saturated carbocycles. The zero-order valence-electron chi connectivity index (χ0n) is 17.4. The van der Waals surface area contributed by atoms with Crippen LogP contribution in [0.3, 0.4) is 0 Å². The number of carbonyl (C=O) groups is 2. The van der Waals surface area contributed by atoms with Gasteiger partial charge in [0.05, 0.1) is 19.3 Å². The molecule has 3 aliphatic rings. The molecule has 4 rings (SSSR count). The van der Waals surface area contributed by atoms with E-state index < -0.39 is 12.1 Å². The lowest BCUT2D eigenvalue weighted by Crippen LogP contribution is -2.53. The standard InChI is InChI=1S/C19H25FN2O3.C2HF3O2/c20-15-4-2-14(3-5-15)12-21-9-6-18-17(13-21)16(7-11-24-18)19(23)22-8-1-10-25-22;3-2(4,5)1(6)7/h2-5,16-18H,1,6-13H2;(H,6,7)/t16-,17+,18-;/m1./s1. The van der Waals surface area contributed by atoms with Gasteiger partial charge in [0.2, 0.25) is 5.91 Å². The zero-order chi connectivity index (χ0) is 23.3. The fourth-order valence-corrected chi connectivity index (χ4v) is 4.29. The van der Waals surface area contributed by atoms with E-state index >= 15 is 0 Å². The lowest BCUT2D eigenvalue weighted by Gasteiger charge is -2.45. The summed E-state index contributed by atoms with van der Waals surface area (Å²) in [4.78, 5) is 29.6. The lowest BCUT2D eigenvalue weighted by atomic mass is 9.78. The van der Waals surface area contributed by atoms with Gasteiger partial charge in [-0.25, -0.2) is 14.2 Å². The second kappa shape index (κ2) is 10.6. The molecule has 0 unspecified atom stereocenters. The number of hydroxylamine groups is 2. The van der Waals surface area contributed by atoms with Crippen LogP contribution in [0.15, 0.2) is 24.3 Å². The van der Waals surface area contributed by atoms with E-state index in [0.717, 1.165) is 44.5 Å². The second-order valence-electron chi connectivity index (χ2n) is 8.05. The molecule has 3 saturated heterocycles. The van der Waals surface area contributed by atoms with E-state index in [1.807, 2.05) is 12.1 Å². The van der Waals surface area contributed by atoms with Crippen molar-refractivity contribution in [1.29, 1.82) is 0 Å². The molecule has 3 heterocycles. The molecule has 7 nitrogen and oxygen atoms in total. The highest BCUT2D eigenvalue weighted by atomic mass is 19.4. The van der Waals surface area contributed by atoms with Crippen molar-refractivity contribution < 1.29 is 41.8 Å². The van der Waals surface area contributed by atoms with Gasteiger partial charge in [0.1, 0.15) is 5.82 Å². The molecule has 32 heavy (non-hydrogen) atoms. The number of carboxylic acid groups (broad SMARTS) is 1. The van der Waals surface area contributed by atoms with E-state index in [9.17, 15) is 22.4 Å². The molecular weight excluding hydrogens is 436 g/mol. The summed E-state index contributed by atoms with van der Waals surface area (Å²) >= 11 is 0. The van der Waals surface area contributed by atoms with Crippen molar-refractivity contribution in [2.75, 3.05) is 32.8 Å². The lowest BCUT2D eigenvalue weighted by molar-refractivity contribution is -0.192. The number of carboxylic acids is 1. The van der Waals surface area contributed by atoms with Gasteiger partial charge in [0.15, 0.2) is 0 Å². The average Bonchev–Trinajstić information content (AvgIpc) is 3.29. The molecular formula is C21H26F4N2O5. The molecule has 1 aromatic rings. The summed E-state index contributed by atoms with van der Waals surface area (Å²) in [5.74, 6) is -2.65. The van der Waals surface area contributed by atoms with Crippen LogP contribution < -0.4 is 0 Å². The largest absolute Gasteiger partial charge is 0.490 e. The van der Waals surface area contributed by atoms with Crippen LogP contribution in [0, 0.1) is 17.7 Å². The number of rotatable bonds is 3. The normalized spacial score (nSPS) is 26.1. The molecule has 3 atom stereocenters. The Morgan fingerprint density at radius 3 is 2.38 bits per heavy atom. The second-order valence-corrected chi connectivity index (χ2v) is 8.05. The molecule has 1 aromatic carbocycles. The monoisotopic (exact) mass is 462 g/mol. The summed E-state index contributed by atoms with van der Waals surface area (Å²) < 4.78 is 50.8. The summed E-state index contributed by atoms with van der Waals surface area (Å²) in [7, 11) is 0. The molecule has 3 fully saturated rings. The van der Waals surface area contributed by atoms with Crippen molar-refractivity contribution in [3.63, 3.8) is 0 Å². The Hall–Kier alpha value is -2.24. The first-order valence-electron chi connectivity index (χ1n) is 10.5. The maximum Gasteiger partial charge on any atom is 0.490 e. The van der Waals surface area contributed by atoms with Gasteiger partial charge in [-0.05, 0) is 37.0 Å². The van der Waals surface area contributed by atoms with E-state index in [1.54, 1.807) is 5.06 Å². The number of likely N-dealkylation sites (tertiary alicyclic amines) is 1. The number of alkyl halides is 3. The van der Waals surface area contributed by atoms with Crippen molar-refractivity contribution in [3.05, 3.63) is 35.6 Å². The third-order valence-corrected chi connectivity index (χ3v) is 5.83. The van der Waals surface area contributed by atoms with E-state index in [1.165, 1.54) is 12.1 Å². The van der Waals surface area contributed by atoms with Gasteiger partial charge in [0.25, 0.3) is 0 Å². The van der Waals surface area contributed by atoms with Crippen molar-refractivity contribution in [2.45, 2.75) is 38.1 Å². The molecule has 3 aliphatic heterocycles. The minimum atomic E-state index is -5.08. The SMILES string of the molecule is O=C(O)C(F)(F)F.O=C([C@@H]1CCO[C@@H]2CCN(Cc3ccc(F)cc3)C[C@H]21)N1CCCO1. The number of halogens is 4. The molecule has 11 heteroatoms. The third-order valence-electron chi connectivity index (χ3n) is 5.83. The summed E-state index contributed by atoms with van der Waals surface area (Å²) in [6.45, 7) is 4.56. The summed E-state index contributed by atoms with van der Waals surface area (Å²) in [5, 5.41) is 8.69. The maximum absolute atomic E-state index is 13.1. The van der Waals surface area contributed by atoms with Crippen molar-refractivity contribution in [3.8, 4) is 0 Å². The van der Waals surface area contributed by atoms with Gasteiger partial charge in [-0.1, -0.05) is 12.1 Å². The van der Waals surface area contributed by atoms with Crippen LogP contribution in [-0.2, 0) is 25.7 Å². The summed E-state index contributed by atoms with van der Waals surface area (Å²) in [5.41, 5.74) is 1.10. The highest BCUT2D eigenvalue weighted by Crippen LogP contribution is 2.35. The molecule has 1 N–H and O–H groups in total. The minimum absolute atomic E-state index is 0.0205. The molecule has 1 amide bonds. The predicted octanol–water partition coefficient (Wildman–Crippen LogP) is 2.85. The van der Waals surface area contributed by atoms with Crippen molar-refractivity contribution in [2.24, 2.45) is 11.8 Å². The van der Waals surface area contributed by atoms with Crippen molar-refractivity contribution in [1.82, 2.24) is 9.96 Å². The Balaban J connectivity index is 0.000000360. The molecule has 0 bridgehead atoms.